The molecular weight excluding hydrogens is 258 g/mol. The van der Waals surface area contributed by atoms with Gasteiger partial charge in [0.25, 0.3) is 5.91 Å². The molecule has 0 atom stereocenters. The van der Waals surface area contributed by atoms with E-state index in [-0.39, 0.29) is 12.4 Å². The third-order valence-electron chi connectivity index (χ3n) is 2.36. The molecule has 1 heterocycles. The maximum atomic E-state index is 12.1. The van der Waals surface area contributed by atoms with E-state index in [2.05, 4.69) is 15.2 Å². The van der Waals surface area contributed by atoms with Crippen LogP contribution in [0.5, 0.6) is 5.75 Å². The fraction of sp³-hybridized carbons (Fsp3) is 0.286. The number of carbonyl (C=O) groups excluding carboxylic acids is 1. The Kier molecular flexibility index (Phi) is 4.05. The van der Waals surface area contributed by atoms with Gasteiger partial charge in [0.05, 0.1) is 17.4 Å². The molecule has 1 amide bonds. The summed E-state index contributed by atoms with van der Waals surface area (Å²) in [6, 6.07) is 6.74. The lowest BCUT2D eigenvalue weighted by Crippen LogP contribution is -2.28. The average molecular weight is 273 g/mol. The van der Waals surface area contributed by atoms with Crippen molar-refractivity contribution in [3.8, 4) is 5.75 Å². The second-order valence-electron chi connectivity index (χ2n) is 4.90. The first-order chi connectivity index (χ1) is 9.46. The van der Waals surface area contributed by atoms with Crippen molar-refractivity contribution in [3.63, 3.8) is 0 Å². The average Bonchev–Trinajstić information content (AvgIpc) is 2.88. The molecular formula is C14H15N3O3. The van der Waals surface area contributed by atoms with E-state index in [0.717, 1.165) is 0 Å². The normalized spacial score (nSPS) is 15.8. The molecule has 20 heavy (non-hydrogen) atoms. The van der Waals surface area contributed by atoms with E-state index in [1.54, 1.807) is 38.1 Å². The van der Waals surface area contributed by atoms with E-state index < -0.39 is 11.5 Å². The topological polar surface area (TPSA) is 83.6 Å². The number of azo groups is 1. The van der Waals surface area contributed by atoms with E-state index in [4.69, 9.17) is 4.74 Å². The van der Waals surface area contributed by atoms with E-state index in [1.807, 2.05) is 0 Å². The number of para-hydroxylation sites is 1. The Balaban J connectivity index is 2.19. The summed E-state index contributed by atoms with van der Waals surface area (Å²) in [6.07, 6.45) is 3.00. The van der Waals surface area contributed by atoms with E-state index in [9.17, 15) is 9.90 Å². The molecule has 0 bridgehead atoms. The summed E-state index contributed by atoms with van der Waals surface area (Å²) in [5.74, 6) is 0.173. The smallest absolute Gasteiger partial charge is 0.282 e. The summed E-state index contributed by atoms with van der Waals surface area (Å²) in [5, 5.41) is 16.9. The van der Waals surface area contributed by atoms with Crippen LogP contribution in [0.1, 0.15) is 24.2 Å². The van der Waals surface area contributed by atoms with Crippen molar-refractivity contribution in [2.45, 2.75) is 19.4 Å². The number of rotatable bonds is 4. The summed E-state index contributed by atoms with van der Waals surface area (Å²) < 4.78 is 5.48. The maximum Gasteiger partial charge on any atom is 0.282 e. The largest absolute Gasteiger partial charge is 0.490 e. The minimum atomic E-state index is -0.982. The number of amides is 1. The Morgan fingerprint density at radius 3 is 2.80 bits per heavy atom. The van der Waals surface area contributed by atoms with Crippen LogP contribution < -0.4 is 4.74 Å². The molecule has 1 aromatic carbocycles. The molecule has 1 N–H and O–H groups in total. The summed E-state index contributed by atoms with van der Waals surface area (Å²) in [5.41, 5.74) is -0.662. The van der Waals surface area contributed by atoms with Crippen LogP contribution in [0.4, 0.5) is 0 Å². The molecule has 0 fully saturated rings. The Labute approximate surface area is 116 Å². The van der Waals surface area contributed by atoms with Crippen molar-refractivity contribution in [3.05, 3.63) is 42.1 Å². The molecule has 0 unspecified atom stereocenters. The van der Waals surface area contributed by atoms with Crippen LogP contribution >= 0.6 is 0 Å². The van der Waals surface area contributed by atoms with Gasteiger partial charge in [-0.3, -0.25) is 4.79 Å². The number of ether oxygens (including phenoxy) is 1. The summed E-state index contributed by atoms with van der Waals surface area (Å²) in [6.45, 7) is 3.33. The van der Waals surface area contributed by atoms with Crippen molar-refractivity contribution in [1.82, 2.24) is 0 Å². The molecule has 0 radical (unpaired) electrons. The van der Waals surface area contributed by atoms with Gasteiger partial charge in [0.2, 0.25) is 0 Å². The molecule has 6 heteroatoms. The lowest BCUT2D eigenvalue weighted by Gasteiger charge is -2.18. The highest BCUT2D eigenvalue weighted by atomic mass is 16.5. The van der Waals surface area contributed by atoms with Crippen LogP contribution in [0.2, 0.25) is 0 Å². The molecule has 2 rings (SSSR count). The lowest BCUT2D eigenvalue weighted by atomic mass is 10.1. The fourth-order valence-corrected chi connectivity index (χ4v) is 1.47. The highest BCUT2D eigenvalue weighted by Gasteiger charge is 2.17. The molecule has 0 spiro atoms. The number of hydrogen-bond acceptors (Lipinski definition) is 4. The molecule has 1 aliphatic rings. The second kappa shape index (κ2) is 5.75. The number of aliphatic hydroxyl groups is 1. The first kappa shape index (κ1) is 14.1. The van der Waals surface area contributed by atoms with E-state index >= 15 is 0 Å². The first-order valence-corrected chi connectivity index (χ1v) is 6.10. The molecule has 0 aromatic heterocycles. The number of hydrogen-bond donors (Lipinski definition) is 1. The van der Waals surface area contributed by atoms with Gasteiger partial charge in [-0.25, -0.2) is 0 Å². The standard InChI is InChI=1S/C14H15N3O3/c1-14(2,19)9-20-11-6-4-3-5-10(11)13(18)16-12-7-8-15-17-12/h3-8,19H,9H2,1-2H3/b16-12-. The third kappa shape index (κ3) is 3.83. The lowest BCUT2D eigenvalue weighted by molar-refractivity contribution is 0.0281. The molecule has 104 valence electrons. The summed E-state index contributed by atoms with van der Waals surface area (Å²) in [7, 11) is 0. The Morgan fingerprint density at radius 2 is 2.15 bits per heavy atom. The monoisotopic (exact) mass is 273 g/mol. The highest BCUT2D eigenvalue weighted by molar-refractivity contribution is 6.08. The van der Waals surface area contributed by atoms with Crippen LogP contribution in [0.15, 0.2) is 51.8 Å². The van der Waals surface area contributed by atoms with Crippen molar-refractivity contribution in [2.24, 2.45) is 15.2 Å². The van der Waals surface area contributed by atoms with Gasteiger partial charge in [-0.05, 0) is 26.0 Å². The molecule has 0 aliphatic carbocycles. The van der Waals surface area contributed by atoms with E-state index in [0.29, 0.717) is 11.3 Å². The van der Waals surface area contributed by atoms with Crippen molar-refractivity contribution in [1.29, 1.82) is 0 Å². The number of carbonyl (C=O) groups is 1. The van der Waals surface area contributed by atoms with Crippen molar-refractivity contribution in [2.75, 3.05) is 6.61 Å². The van der Waals surface area contributed by atoms with Gasteiger partial charge >= 0.3 is 0 Å². The Morgan fingerprint density at radius 1 is 1.40 bits per heavy atom. The zero-order valence-electron chi connectivity index (χ0n) is 11.3. The highest BCUT2D eigenvalue weighted by Crippen LogP contribution is 2.20. The van der Waals surface area contributed by atoms with Crippen LogP contribution in [0.25, 0.3) is 0 Å². The molecule has 1 aromatic rings. The van der Waals surface area contributed by atoms with Crippen LogP contribution in [-0.2, 0) is 0 Å². The van der Waals surface area contributed by atoms with Crippen molar-refractivity contribution >= 4 is 11.7 Å². The predicted octanol–water partition coefficient (Wildman–Crippen LogP) is 2.35. The number of nitrogens with zero attached hydrogens (tertiary/aromatic N) is 3. The molecule has 1 aliphatic heterocycles. The quantitative estimate of drug-likeness (QED) is 0.913. The number of benzene rings is 1. The first-order valence-electron chi connectivity index (χ1n) is 6.10. The minimum Gasteiger partial charge on any atom is -0.490 e. The van der Waals surface area contributed by atoms with Gasteiger partial charge in [-0.1, -0.05) is 12.1 Å². The minimum absolute atomic E-state index is 0.0769. The van der Waals surface area contributed by atoms with Gasteiger partial charge in [0.15, 0.2) is 5.84 Å². The third-order valence-corrected chi connectivity index (χ3v) is 2.36. The fourth-order valence-electron chi connectivity index (χ4n) is 1.47. The predicted molar refractivity (Wildman–Crippen MR) is 74.0 cm³/mol. The zero-order valence-corrected chi connectivity index (χ0v) is 11.3. The van der Waals surface area contributed by atoms with Gasteiger partial charge in [-0.15, -0.1) is 5.11 Å². The van der Waals surface area contributed by atoms with Gasteiger partial charge in [0.1, 0.15) is 12.4 Å². The molecule has 6 nitrogen and oxygen atoms in total. The van der Waals surface area contributed by atoms with Crippen LogP contribution in [0, 0.1) is 0 Å². The number of aliphatic imine (C=N–C) groups is 1. The number of amidine groups is 1. The van der Waals surface area contributed by atoms with E-state index in [1.165, 1.54) is 12.3 Å². The summed E-state index contributed by atoms with van der Waals surface area (Å²) >= 11 is 0. The molecule has 0 saturated carbocycles. The van der Waals surface area contributed by atoms with Gasteiger partial charge in [0, 0.05) is 6.08 Å². The Hall–Kier alpha value is -2.34. The SMILES string of the molecule is CC(C)(O)COc1ccccc1C(=O)/N=C1/C=CN=N1. The maximum absolute atomic E-state index is 12.1. The second-order valence-corrected chi connectivity index (χ2v) is 4.90. The van der Waals surface area contributed by atoms with Gasteiger partial charge < -0.3 is 9.84 Å². The van der Waals surface area contributed by atoms with Gasteiger partial charge in [-0.2, -0.15) is 10.1 Å². The summed E-state index contributed by atoms with van der Waals surface area (Å²) in [4.78, 5) is 15.9. The van der Waals surface area contributed by atoms with Crippen LogP contribution in [0.3, 0.4) is 0 Å². The van der Waals surface area contributed by atoms with Crippen molar-refractivity contribution < 1.29 is 14.6 Å². The molecule has 0 saturated heterocycles. The Bertz CT molecular complexity index is 584. The van der Waals surface area contributed by atoms with Crippen LogP contribution in [-0.4, -0.2) is 29.1 Å². The zero-order chi connectivity index (χ0) is 14.6.